The van der Waals surface area contributed by atoms with E-state index in [9.17, 15) is 8.42 Å². The summed E-state index contributed by atoms with van der Waals surface area (Å²) in [5.74, 6) is 0.426. The molecule has 21 heavy (non-hydrogen) atoms. The third-order valence-corrected chi connectivity index (χ3v) is 5.26. The number of hydrogen-bond acceptors (Lipinski definition) is 4. The van der Waals surface area contributed by atoms with Crippen molar-refractivity contribution < 1.29 is 12.8 Å². The molecule has 2 aromatic carbocycles. The molecule has 0 bridgehead atoms. The Bertz CT molecular complexity index is 916. The van der Waals surface area contributed by atoms with Crippen LogP contribution in [0.2, 0.25) is 5.02 Å². The Morgan fingerprint density at radius 1 is 1.19 bits per heavy atom. The van der Waals surface area contributed by atoms with Crippen LogP contribution in [0.15, 0.2) is 51.8 Å². The van der Waals surface area contributed by atoms with E-state index >= 15 is 0 Å². The highest BCUT2D eigenvalue weighted by Crippen LogP contribution is 2.30. The summed E-state index contributed by atoms with van der Waals surface area (Å²) in [4.78, 5) is 4.58. The lowest BCUT2D eigenvalue weighted by Crippen LogP contribution is -2.03. The molecule has 3 rings (SSSR count). The molecule has 0 N–H and O–H groups in total. The zero-order valence-corrected chi connectivity index (χ0v) is 12.8. The topological polar surface area (TPSA) is 60.2 Å². The number of halogens is 1. The van der Waals surface area contributed by atoms with Gasteiger partial charge in [-0.1, -0.05) is 30.7 Å². The van der Waals surface area contributed by atoms with Crippen molar-refractivity contribution in [3.8, 4) is 11.5 Å². The molecule has 3 aromatic rings. The van der Waals surface area contributed by atoms with Gasteiger partial charge in [-0.05, 0) is 30.3 Å². The monoisotopic (exact) mass is 321 g/mol. The van der Waals surface area contributed by atoms with Gasteiger partial charge in [-0.25, -0.2) is 13.4 Å². The summed E-state index contributed by atoms with van der Waals surface area (Å²) in [5.41, 5.74) is 1.70. The Morgan fingerprint density at radius 3 is 2.67 bits per heavy atom. The molecule has 0 spiro atoms. The second-order valence-corrected chi connectivity index (χ2v) is 7.22. The van der Waals surface area contributed by atoms with Crippen LogP contribution in [-0.2, 0) is 9.84 Å². The van der Waals surface area contributed by atoms with Gasteiger partial charge in [0.15, 0.2) is 15.4 Å². The van der Waals surface area contributed by atoms with Crippen LogP contribution in [0.5, 0.6) is 0 Å². The Morgan fingerprint density at radius 2 is 1.95 bits per heavy atom. The summed E-state index contributed by atoms with van der Waals surface area (Å²) in [5, 5.41) is 0.533. The first-order valence-electron chi connectivity index (χ1n) is 6.39. The van der Waals surface area contributed by atoms with Gasteiger partial charge < -0.3 is 4.42 Å². The summed E-state index contributed by atoms with van der Waals surface area (Å²) in [6, 6.07) is 11.9. The van der Waals surface area contributed by atoms with Gasteiger partial charge >= 0.3 is 0 Å². The molecule has 1 aromatic heterocycles. The number of sulfone groups is 1. The number of benzene rings is 2. The SMILES string of the molecule is CCS(=O)(=O)c1ccc2oc(-c3ccccc3Cl)nc2c1. The van der Waals surface area contributed by atoms with E-state index in [1.165, 1.54) is 12.1 Å². The maximum atomic E-state index is 11.9. The van der Waals surface area contributed by atoms with Gasteiger partial charge in [0.05, 0.1) is 21.2 Å². The number of hydrogen-bond donors (Lipinski definition) is 0. The maximum absolute atomic E-state index is 11.9. The number of oxazole rings is 1. The fourth-order valence-electron chi connectivity index (χ4n) is 2.02. The van der Waals surface area contributed by atoms with Crippen molar-refractivity contribution in [3.63, 3.8) is 0 Å². The van der Waals surface area contributed by atoms with Gasteiger partial charge in [-0.15, -0.1) is 0 Å². The van der Waals surface area contributed by atoms with E-state index in [-0.39, 0.29) is 10.6 Å². The normalized spacial score (nSPS) is 11.9. The van der Waals surface area contributed by atoms with Crippen LogP contribution >= 0.6 is 11.6 Å². The predicted octanol–water partition coefficient (Wildman–Crippen LogP) is 3.94. The number of rotatable bonds is 3. The van der Waals surface area contributed by atoms with E-state index in [1.807, 2.05) is 12.1 Å². The standard InChI is InChI=1S/C15H12ClNO3S/c1-2-21(18,19)10-7-8-14-13(9-10)17-15(20-14)11-5-3-4-6-12(11)16/h3-9H,2H2,1H3. The van der Waals surface area contributed by atoms with Gasteiger partial charge in [0.2, 0.25) is 5.89 Å². The average molecular weight is 322 g/mol. The van der Waals surface area contributed by atoms with Gasteiger partial charge in [0.25, 0.3) is 0 Å². The number of fused-ring (bicyclic) bond motifs is 1. The molecule has 0 aliphatic carbocycles. The average Bonchev–Trinajstić information content (AvgIpc) is 2.90. The zero-order chi connectivity index (χ0) is 15.0. The highest BCUT2D eigenvalue weighted by molar-refractivity contribution is 7.91. The van der Waals surface area contributed by atoms with E-state index in [4.69, 9.17) is 16.0 Å². The zero-order valence-electron chi connectivity index (χ0n) is 11.2. The Kier molecular flexibility index (Phi) is 3.47. The molecule has 0 amide bonds. The van der Waals surface area contributed by atoms with Gasteiger partial charge in [0, 0.05) is 0 Å². The molecule has 4 nitrogen and oxygen atoms in total. The Balaban J connectivity index is 2.16. The lowest BCUT2D eigenvalue weighted by molar-refractivity contribution is 0.597. The van der Waals surface area contributed by atoms with Crippen molar-refractivity contribution in [2.45, 2.75) is 11.8 Å². The molecular formula is C15H12ClNO3S. The van der Waals surface area contributed by atoms with Crippen LogP contribution in [0.3, 0.4) is 0 Å². The minimum atomic E-state index is -3.26. The molecule has 0 aliphatic rings. The van der Waals surface area contributed by atoms with Crippen LogP contribution < -0.4 is 0 Å². The highest BCUT2D eigenvalue weighted by Gasteiger charge is 2.16. The van der Waals surface area contributed by atoms with Crippen LogP contribution in [0, 0.1) is 0 Å². The number of aromatic nitrogens is 1. The quantitative estimate of drug-likeness (QED) is 0.733. The fraction of sp³-hybridized carbons (Fsp3) is 0.133. The maximum Gasteiger partial charge on any atom is 0.228 e. The second-order valence-electron chi connectivity index (χ2n) is 4.53. The van der Waals surface area contributed by atoms with Crippen molar-refractivity contribution >= 4 is 32.5 Å². The molecule has 0 aliphatic heterocycles. The molecule has 0 radical (unpaired) electrons. The number of nitrogens with zero attached hydrogens (tertiary/aromatic N) is 1. The van der Waals surface area contributed by atoms with Crippen molar-refractivity contribution in [2.24, 2.45) is 0 Å². The van der Waals surface area contributed by atoms with Gasteiger partial charge in [-0.2, -0.15) is 0 Å². The first-order valence-corrected chi connectivity index (χ1v) is 8.42. The summed E-state index contributed by atoms with van der Waals surface area (Å²) in [6.07, 6.45) is 0. The summed E-state index contributed by atoms with van der Waals surface area (Å²) < 4.78 is 29.4. The molecule has 0 atom stereocenters. The third-order valence-electron chi connectivity index (χ3n) is 3.20. The summed E-state index contributed by atoms with van der Waals surface area (Å²) in [6.45, 7) is 1.61. The van der Waals surface area contributed by atoms with E-state index in [1.54, 1.807) is 25.1 Å². The molecular weight excluding hydrogens is 310 g/mol. The van der Waals surface area contributed by atoms with Gasteiger partial charge in [-0.3, -0.25) is 0 Å². The summed E-state index contributed by atoms with van der Waals surface area (Å²) in [7, 11) is -3.26. The lowest BCUT2D eigenvalue weighted by atomic mass is 10.2. The van der Waals surface area contributed by atoms with Crippen molar-refractivity contribution in [1.29, 1.82) is 0 Å². The second kappa shape index (κ2) is 5.16. The van der Waals surface area contributed by atoms with Crippen molar-refractivity contribution in [1.82, 2.24) is 4.98 Å². The first-order chi connectivity index (χ1) is 10.0. The van der Waals surface area contributed by atoms with Crippen LogP contribution in [0.4, 0.5) is 0 Å². The van der Waals surface area contributed by atoms with Crippen molar-refractivity contribution in [3.05, 3.63) is 47.5 Å². The fourth-order valence-corrected chi connectivity index (χ4v) is 3.13. The lowest BCUT2D eigenvalue weighted by Gasteiger charge is -1.99. The highest BCUT2D eigenvalue weighted by atomic mass is 35.5. The van der Waals surface area contributed by atoms with Crippen LogP contribution in [0.25, 0.3) is 22.6 Å². The molecule has 0 unspecified atom stereocenters. The predicted molar refractivity (Wildman–Crippen MR) is 82.2 cm³/mol. The Labute approximate surface area is 127 Å². The van der Waals surface area contributed by atoms with Gasteiger partial charge in [0.1, 0.15) is 5.52 Å². The third kappa shape index (κ3) is 2.54. The van der Waals surface area contributed by atoms with E-state index in [0.29, 0.717) is 27.6 Å². The first kappa shape index (κ1) is 14.1. The minimum absolute atomic E-state index is 0.0493. The van der Waals surface area contributed by atoms with Crippen LogP contribution in [-0.4, -0.2) is 19.2 Å². The van der Waals surface area contributed by atoms with E-state index in [2.05, 4.69) is 4.98 Å². The molecule has 0 saturated heterocycles. The van der Waals surface area contributed by atoms with Crippen LogP contribution in [0.1, 0.15) is 6.92 Å². The molecule has 0 fully saturated rings. The smallest absolute Gasteiger partial charge is 0.228 e. The summed E-state index contributed by atoms with van der Waals surface area (Å²) >= 11 is 6.12. The molecule has 0 saturated carbocycles. The molecule has 1 heterocycles. The van der Waals surface area contributed by atoms with Crippen molar-refractivity contribution in [2.75, 3.05) is 5.75 Å². The van der Waals surface area contributed by atoms with E-state index < -0.39 is 9.84 Å². The molecule has 108 valence electrons. The minimum Gasteiger partial charge on any atom is -0.436 e. The molecule has 6 heteroatoms. The Hall–Kier alpha value is -1.85. The largest absolute Gasteiger partial charge is 0.436 e. The van der Waals surface area contributed by atoms with E-state index in [0.717, 1.165) is 0 Å².